The van der Waals surface area contributed by atoms with Crippen LogP contribution in [0.4, 0.5) is 24.5 Å². The summed E-state index contributed by atoms with van der Waals surface area (Å²) in [5, 5.41) is 5.25. The number of amides is 2. The number of fused-ring (bicyclic) bond motifs is 2. The fourth-order valence-electron chi connectivity index (χ4n) is 3.75. The summed E-state index contributed by atoms with van der Waals surface area (Å²) in [6.45, 7) is -0.558. The smallest absolute Gasteiger partial charge is 0.449 e. The molecular weight excluding hydrogens is 465 g/mol. The van der Waals surface area contributed by atoms with Crippen molar-refractivity contribution in [3.05, 3.63) is 78.1 Å². The van der Waals surface area contributed by atoms with Gasteiger partial charge in [-0.15, -0.1) is 0 Å². The van der Waals surface area contributed by atoms with Crippen LogP contribution >= 0.6 is 0 Å². The van der Waals surface area contributed by atoms with E-state index in [1.54, 1.807) is 42.5 Å². The molecule has 0 radical (unpaired) electrons. The zero-order valence-corrected chi connectivity index (χ0v) is 17.9. The van der Waals surface area contributed by atoms with Crippen molar-refractivity contribution in [1.29, 1.82) is 0 Å². The molecule has 0 fully saturated rings. The van der Waals surface area contributed by atoms with Crippen molar-refractivity contribution < 1.29 is 32.2 Å². The Morgan fingerprint density at radius 3 is 2.51 bits per heavy atom. The second-order valence-electron chi connectivity index (χ2n) is 7.62. The lowest BCUT2D eigenvalue weighted by Gasteiger charge is -2.14. The molecule has 1 aliphatic heterocycles. The molecule has 35 heavy (non-hydrogen) atoms. The van der Waals surface area contributed by atoms with E-state index in [9.17, 15) is 22.8 Å². The number of benzene rings is 3. The molecule has 4 aromatic rings. The summed E-state index contributed by atoms with van der Waals surface area (Å²) in [7, 11) is 0. The van der Waals surface area contributed by atoms with Gasteiger partial charge in [0.1, 0.15) is 6.54 Å². The minimum absolute atomic E-state index is 0.0872. The van der Waals surface area contributed by atoms with Crippen molar-refractivity contribution >= 4 is 34.2 Å². The van der Waals surface area contributed by atoms with Gasteiger partial charge in [-0.2, -0.15) is 13.2 Å². The summed E-state index contributed by atoms with van der Waals surface area (Å²) < 4.78 is 52.0. The van der Waals surface area contributed by atoms with Gasteiger partial charge in [-0.1, -0.05) is 24.3 Å². The van der Waals surface area contributed by atoms with E-state index in [2.05, 4.69) is 15.6 Å². The summed E-state index contributed by atoms with van der Waals surface area (Å²) in [6, 6.07) is 17.1. The molecule has 8 nitrogen and oxygen atoms in total. The number of nitrogens with zero attached hydrogens (tertiary/aromatic N) is 2. The number of alkyl halides is 3. The molecule has 0 saturated carbocycles. The van der Waals surface area contributed by atoms with Crippen LogP contribution in [0.15, 0.2) is 66.7 Å². The van der Waals surface area contributed by atoms with E-state index in [1.165, 1.54) is 24.3 Å². The Morgan fingerprint density at radius 2 is 1.69 bits per heavy atom. The minimum Gasteiger partial charge on any atom is -0.454 e. The van der Waals surface area contributed by atoms with E-state index in [1.807, 2.05) is 0 Å². The van der Waals surface area contributed by atoms with Gasteiger partial charge in [0.05, 0.1) is 22.3 Å². The lowest BCUT2D eigenvalue weighted by molar-refractivity contribution is -0.147. The molecule has 5 rings (SSSR count). The summed E-state index contributed by atoms with van der Waals surface area (Å²) in [5.74, 6) is -1.41. The van der Waals surface area contributed by atoms with Crippen LogP contribution in [-0.4, -0.2) is 28.2 Å². The summed E-state index contributed by atoms with van der Waals surface area (Å²) >= 11 is 0. The highest BCUT2D eigenvalue weighted by Crippen LogP contribution is 2.35. The molecule has 3 aromatic carbocycles. The number of rotatable bonds is 5. The zero-order valence-electron chi connectivity index (χ0n) is 17.9. The lowest BCUT2D eigenvalue weighted by atomic mass is 10.1. The molecule has 2 heterocycles. The molecule has 0 spiro atoms. The fourth-order valence-corrected chi connectivity index (χ4v) is 3.75. The van der Waals surface area contributed by atoms with Crippen molar-refractivity contribution in [3.63, 3.8) is 0 Å². The van der Waals surface area contributed by atoms with Crippen LogP contribution in [0.3, 0.4) is 0 Å². The first kappa shape index (κ1) is 22.3. The summed E-state index contributed by atoms with van der Waals surface area (Å²) in [4.78, 5) is 29.3. The monoisotopic (exact) mass is 482 g/mol. The van der Waals surface area contributed by atoms with Crippen LogP contribution in [0.1, 0.15) is 16.2 Å². The highest BCUT2D eigenvalue weighted by atomic mass is 19.4. The van der Waals surface area contributed by atoms with Crippen LogP contribution in [0, 0.1) is 0 Å². The maximum absolute atomic E-state index is 13.5. The molecule has 178 valence electrons. The minimum atomic E-state index is -4.75. The second-order valence-corrected chi connectivity index (χ2v) is 7.62. The molecule has 2 amide bonds. The van der Waals surface area contributed by atoms with Crippen LogP contribution in [0.25, 0.3) is 11.0 Å². The highest BCUT2D eigenvalue weighted by Gasteiger charge is 2.38. The van der Waals surface area contributed by atoms with Crippen molar-refractivity contribution in [2.45, 2.75) is 12.7 Å². The predicted octanol–water partition coefficient (Wildman–Crippen LogP) is 4.67. The molecule has 0 unspecified atom stereocenters. The first-order chi connectivity index (χ1) is 16.8. The zero-order chi connectivity index (χ0) is 24.6. The van der Waals surface area contributed by atoms with E-state index >= 15 is 0 Å². The number of nitrogens with one attached hydrogen (secondary N) is 2. The number of halogens is 3. The van der Waals surface area contributed by atoms with E-state index in [0.29, 0.717) is 17.2 Å². The van der Waals surface area contributed by atoms with Crippen molar-refractivity contribution in [2.24, 2.45) is 0 Å². The van der Waals surface area contributed by atoms with Gasteiger partial charge in [0.15, 0.2) is 11.5 Å². The van der Waals surface area contributed by atoms with Crippen LogP contribution < -0.4 is 20.1 Å². The average Bonchev–Trinajstić information content (AvgIpc) is 3.44. The van der Waals surface area contributed by atoms with Crippen molar-refractivity contribution in [2.75, 3.05) is 17.4 Å². The van der Waals surface area contributed by atoms with E-state index in [-0.39, 0.29) is 29.1 Å². The van der Waals surface area contributed by atoms with Crippen molar-refractivity contribution in [3.8, 4) is 11.5 Å². The molecule has 0 aliphatic carbocycles. The third kappa shape index (κ3) is 4.47. The number of para-hydroxylation sites is 3. The highest BCUT2D eigenvalue weighted by molar-refractivity contribution is 6.10. The van der Waals surface area contributed by atoms with Gasteiger partial charge in [0.2, 0.25) is 18.5 Å². The van der Waals surface area contributed by atoms with E-state index in [4.69, 9.17) is 9.47 Å². The lowest BCUT2D eigenvalue weighted by Crippen LogP contribution is -2.24. The van der Waals surface area contributed by atoms with Gasteiger partial charge < -0.3 is 24.7 Å². The molecule has 11 heteroatoms. The number of hydrogen-bond donors (Lipinski definition) is 2. The van der Waals surface area contributed by atoms with E-state index in [0.717, 1.165) is 4.57 Å². The van der Waals surface area contributed by atoms with Gasteiger partial charge in [0, 0.05) is 11.8 Å². The standard InChI is InChI=1S/C24H17F3N4O4/c25-24(26,27)23-30-17-7-3-4-8-18(17)31(23)12-21(32)29-16-6-2-1-5-15(16)22(33)28-14-9-10-19-20(11-14)35-13-34-19/h1-11H,12-13H2,(H,28,33)(H,29,32). The maximum Gasteiger partial charge on any atom is 0.449 e. The molecule has 0 atom stereocenters. The molecule has 1 aromatic heterocycles. The number of imidazole rings is 1. The molecular formula is C24H17F3N4O4. The molecule has 2 N–H and O–H groups in total. The number of hydrogen-bond acceptors (Lipinski definition) is 5. The summed E-state index contributed by atoms with van der Waals surface area (Å²) in [6.07, 6.45) is -4.75. The van der Waals surface area contributed by atoms with Crippen LogP contribution in [-0.2, 0) is 17.5 Å². The molecule has 0 saturated heterocycles. The Labute approximate surface area is 196 Å². The maximum atomic E-state index is 13.5. The van der Waals surface area contributed by atoms with Gasteiger partial charge in [-0.3, -0.25) is 9.59 Å². The first-order valence-electron chi connectivity index (χ1n) is 10.4. The van der Waals surface area contributed by atoms with Crippen LogP contribution in [0.2, 0.25) is 0 Å². The van der Waals surface area contributed by atoms with E-state index < -0.39 is 30.4 Å². The largest absolute Gasteiger partial charge is 0.454 e. The Hall–Kier alpha value is -4.54. The Kier molecular flexibility index (Phi) is 5.51. The average molecular weight is 482 g/mol. The number of ether oxygens (including phenoxy) is 2. The van der Waals surface area contributed by atoms with Gasteiger partial charge >= 0.3 is 6.18 Å². The quantitative estimate of drug-likeness (QED) is 0.431. The van der Waals surface area contributed by atoms with Gasteiger partial charge in [-0.05, 0) is 36.4 Å². The summed E-state index contributed by atoms with van der Waals surface area (Å²) in [5.41, 5.74) is 1.01. The second kappa shape index (κ2) is 8.67. The third-order valence-electron chi connectivity index (χ3n) is 5.29. The third-order valence-corrected chi connectivity index (χ3v) is 5.29. The van der Waals surface area contributed by atoms with Crippen molar-refractivity contribution in [1.82, 2.24) is 9.55 Å². The SMILES string of the molecule is O=C(Cn1c(C(F)(F)F)nc2ccccc21)Nc1ccccc1C(=O)Nc1ccc2c(c1)OCO2. The number of aromatic nitrogens is 2. The van der Waals surface area contributed by atoms with Gasteiger partial charge in [0.25, 0.3) is 5.91 Å². The topological polar surface area (TPSA) is 94.5 Å². The number of carbonyl (C=O) groups is 2. The Bertz CT molecular complexity index is 1450. The number of anilines is 2. The van der Waals surface area contributed by atoms with Gasteiger partial charge in [-0.25, -0.2) is 4.98 Å². The van der Waals surface area contributed by atoms with Crippen LogP contribution in [0.5, 0.6) is 11.5 Å². The fraction of sp³-hybridized carbons (Fsp3) is 0.125. The predicted molar refractivity (Wildman–Crippen MR) is 120 cm³/mol. The normalized spacial score (nSPS) is 12.5. The Balaban J connectivity index is 1.36. The Morgan fingerprint density at radius 1 is 0.943 bits per heavy atom. The number of carbonyl (C=O) groups excluding carboxylic acids is 2. The molecule has 0 bridgehead atoms. The first-order valence-corrected chi connectivity index (χ1v) is 10.4. The molecule has 1 aliphatic rings.